The van der Waals surface area contributed by atoms with Crippen molar-refractivity contribution in [2.24, 2.45) is 5.73 Å². The highest BCUT2D eigenvalue weighted by atomic mass is 35.5. The van der Waals surface area contributed by atoms with Crippen LogP contribution in [0.2, 0.25) is 5.02 Å². The van der Waals surface area contributed by atoms with Crippen molar-refractivity contribution in [2.45, 2.75) is 12.2 Å². The second-order valence-corrected chi connectivity index (χ2v) is 8.52. The number of esters is 1. The largest absolute Gasteiger partial charge is 0.461 e. The zero-order chi connectivity index (χ0) is 24.7. The summed E-state index contributed by atoms with van der Waals surface area (Å²) in [6, 6.07) is 10.6. The van der Waals surface area contributed by atoms with Gasteiger partial charge in [0.05, 0.1) is 16.3 Å². The van der Waals surface area contributed by atoms with Crippen molar-refractivity contribution < 1.29 is 22.7 Å². The van der Waals surface area contributed by atoms with Gasteiger partial charge in [0.15, 0.2) is 0 Å². The van der Waals surface area contributed by atoms with E-state index in [2.05, 4.69) is 22.2 Å². The van der Waals surface area contributed by atoms with Crippen molar-refractivity contribution in [1.29, 1.82) is 0 Å². The van der Waals surface area contributed by atoms with Crippen LogP contribution in [-0.4, -0.2) is 74.4 Å². The number of hydrogen-bond acceptors (Lipinski definition) is 6. The highest BCUT2D eigenvalue weighted by Crippen LogP contribution is 2.28. The number of para-hydroxylation sites is 1. The summed E-state index contributed by atoms with van der Waals surface area (Å²) in [5.74, 6) is -0.489. The topological polar surface area (TPSA) is 70.8 Å². The number of nitrogens with zero attached hydrogens (tertiary/aromatic N) is 2. The van der Waals surface area contributed by atoms with Crippen LogP contribution in [-0.2, 0) is 4.74 Å². The number of ether oxygens (including phenoxy) is 1. The van der Waals surface area contributed by atoms with Gasteiger partial charge in [0.25, 0.3) is 0 Å². The summed E-state index contributed by atoms with van der Waals surface area (Å²) in [7, 11) is 2.07. The fraction of sp³-hybridized carbons (Fsp3) is 0.375. The van der Waals surface area contributed by atoms with Gasteiger partial charge in [-0.15, -0.1) is 0 Å². The molecule has 0 bridgehead atoms. The molecule has 0 aliphatic carbocycles. The predicted molar refractivity (Wildman–Crippen MR) is 128 cm³/mol. The van der Waals surface area contributed by atoms with Gasteiger partial charge < -0.3 is 20.7 Å². The van der Waals surface area contributed by atoms with E-state index in [1.54, 1.807) is 24.3 Å². The maximum absolute atomic E-state index is 13.1. The molecule has 0 amide bonds. The molecular formula is C24H28ClF3N4O2. The molecule has 10 heteroatoms. The molecule has 0 saturated carbocycles. The first-order valence-electron chi connectivity index (χ1n) is 10.9. The van der Waals surface area contributed by atoms with Crippen molar-refractivity contribution in [3.63, 3.8) is 0 Å². The van der Waals surface area contributed by atoms with Crippen molar-refractivity contribution in [3.05, 3.63) is 70.8 Å². The third-order valence-electron chi connectivity index (χ3n) is 5.54. The number of piperazine rings is 1. The second-order valence-electron chi connectivity index (χ2n) is 8.11. The number of halogens is 4. The molecule has 3 rings (SSSR count). The van der Waals surface area contributed by atoms with E-state index < -0.39 is 18.2 Å². The molecule has 1 saturated heterocycles. The summed E-state index contributed by atoms with van der Waals surface area (Å²) >= 11 is 6.15. The minimum atomic E-state index is -4.61. The van der Waals surface area contributed by atoms with E-state index >= 15 is 0 Å². The fourth-order valence-electron chi connectivity index (χ4n) is 3.40. The normalized spacial score (nSPS) is 16.8. The van der Waals surface area contributed by atoms with Gasteiger partial charge in [-0.3, -0.25) is 4.90 Å². The molecule has 34 heavy (non-hydrogen) atoms. The number of rotatable bonds is 8. The van der Waals surface area contributed by atoms with Crippen LogP contribution in [0.25, 0.3) is 5.70 Å². The highest BCUT2D eigenvalue weighted by Gasteiger charge is 2.35. The number of likely N-dealkylation sites (N-methyl/N-ethyl adjacent to an activating group) is 1. The van der Waals surface area contributed by atoms with Gasteiger partial charge in [-0.1, -0.05) is 35.9 Å². The number of alkyl halides is 3. The van der Waals surface area contributed by atoms with Crippen LogP contribution in [0.3, 0.4) is 0 Å². The van der Waals surface area contributed by atoms with Crippen LogP contribution in [0.4, 0.5) is 18.9 Å². The van der Waals surface area contributed by atoms with Crippen molar-refractivity contribution in [1.82, 2.24) is 9.80 Å². The minimum absolute atomic E-state index is 0.118. The molecule has 6 nitrogen and oxygen atoms in total. The summed E-state index contributed by atoms with van der Waals surface area (Å²) in [5.41, 5.74) is 6.59. The zero-order valence-corrected chi connectivity index (χ0v) is 19.6. The van der Waals surface area contributed by atoms with Crippen molar-refractivity contribution in [3.8, 4) is 0 Å². The molecule has 1 atom stereocenters. The minimum Gasteiger partial charge on any atom is -0.461 e. The molecular weight excluding hydrogens is 469 g/mol. The molecule has 3 N–H and O–H groups in total. The quantitative estimate of drug-likeness (QED) is 0.536. The first-order chi connectivity index (χ1) is 16.1. The Kier molecular flexibility index (Phi) is 8.96. The van der Waals surface area contributed by atoms with E-state index in [0.29, 0.717) is 28.4 Å². The Morgan fingerprint density at radius 2 is 1.74 bits per heavy atom. The standard InChI is InChI=1S/C24H28ClF3N4O2/c1-31-10-12-32(13-11-31)14-15-34-23(33)18-8-6-17(7-9-18)21(16-22(29)24(26,27)28)30-20-5-3-2-4-19(20)25/h2-9,16,22,30H,10-15,29H2,1H3/b21-16-. The average Bonchev–Trinajstić information content (AvgIpc) is 2.80. The first kappa shape index (κ1) is 26.0. The zero-order valence-electron chi connectivity index (χ0n) is 18.8. The smallest absolute Gasteiger partial charge is 0.407 e. The van der Waals surface area contributed by atoms with Gasteiger partial charge in [0.1, 0.15) is 12.6 Å². The number of hydrogen-bond donors (Lipinski definition) is 2. The molecule has 2 aromatic carbocycles. The van der Waals surface area contributed by atoms with E-state index in [9.17, 15) is 18.0 Å². The maximum atomic E-state index is 13.1. The molecule has 0 radical (unpaired) electrons. The molecule has 1 aliphatic rings. The monoisotopic (exact) mass is 496 g/mol. The van der Waals surface area contributed by atoms with E-state index in [4.69, 9.17) is 22.1 Å². The van der Waals surface area contributed by atoms with Gasteiger partial charge in [-0.2, -0.15) is 13.2 Å². The van der Waals surface area contributed by atoms with Crippen molar-refractivity contribution in [2.75, 3.05) is 51.7 Å². The third kappa shape index (κ3) is 7.46. The van der Waals surface area contributed by atoms with Crippen LogP contribution in [0.15, 0.2) is 54.6 Å². The Morgan fingerprint density at radius 1 is 1.12 bits per heavy atom. The summed E-state index contributed by atoms with van der Waals surface area (Å²) in [4.78, 5) is 16.9. The summed E-state index contributed by atoms with van der Waals surface area (Å²) in [5, 5.41) is 3.26. The molecule has 0 aromatic heterocycles. The number of anilines is 1. The third-order valence-corrected chi connectivity index (χ3v) is 5.87. The summed E-state index contributed by atoms with van der Waals surface area (Å²) in [6.07, 6.45) is -3.73. The van der Waals surface area contributed by atoms with E-state index in [0.717, 1.165) is 32.3 Å². The number of carbonyl (C=O) groups excluding carboxylic acids is 1. The van der Waals surface area contributed by atoms with Gasteiger partial charge >= 0.3 is 12.1 Å². The molecule has 0 spiro atoms. The van der Waals surface area contributed by atoms with Crippen LogP contribution >= 0.6 is 11.6 Å². The number of benzene rings is 2. The van der Waals surface area contributed by atoms with Crippen LogP contribution in [0, 0.1) is 0 Å². The number of nitrogens with two attached hydrogens (primary N) is 1. The number of carbonyl (C=O) groups is 1. The first-order valence-corrected chi connectivity index (χ1v) is 11.3. The lowest BCUT2D eigenvalue weighted by Crippen LogP contribution is -2.45. The van der Waals surface area contributed by atoms with Gasteiger partial charge in [0.2, 0.25) is 0 Å². The Balaban J connectivity index is 1.68. The second kappa shape index (κ2) is 11.7. The van der Waals surface area contributed by atoms with Crippen LogP contribution in [0.5, 0.6) is 0 Å². The molecule has 1 unspecified atom stereocenters. The molecule has 1 fully saturated rings. The average molecular weight is 497 g/mol. The Morgan fingerprint density at radius 3 is 2.35 bits per heavy atom. The van der Waals surface area contributed by atoms with Crippen LogP contribution < -0.4 is 11.1 Å². The highest BCUT2D eigenvalue weighted by molar-refractivity contribution is 6.33. The summed E-state index contributed by atoms with van der Waals surface area (Å²) < 4.78 is 44.7. The Hall–Kier alpha value is -2.59. The SMILES string of the molecule is CN1CCN(CCOC(=O)c2ccc(/C(=C/C(N)C(F)(F)F)Nc3ccccc3Cl)cc2)CC1. The lowest BCUT2D eigenvalue weighted by Gasteiger charge is -2.32. The van der Waals surface area contributed by atoms with Gasteiger partial charge in [-0.25, -0.2) is 4.79 Å². The maximum Gasteiger partial charge on any atom is 0.407 e. The Bertz CT molecular complexity index is 990. The van der Waals surface area contributed by atoms with Crippen LogP contribution in [0.1, 0.15) is 15.9 Å². The predicted octanol–water partition coefficient (Wildman–Crippen LogP) is 4.09. The Labute approximate surface area is 202 Å². The van der Waals surface area contributed by atoms with Gasteiger partial charge in [0, 0.05) is 38.4 Å². The lowest BCUT2D eigenvalue weighted by atomic mass is 10.1. The lowest BCUT2D eigenvalue weighted by molar-refractivity contribution is -0.136. The van der Waals surface area contributed by atoms with E-state index in [-0.39, 0.29) is 12.3 Å². The number of nitrogens with one attached hydrogen (secondary N) is 1. The molecule has 184 valence electrons. The van der Waals surface area contributed by atoms with E-state index in [1.165, 1.54) is 24.3 Å². The summed E-state index contributed by atoms with van der Waals surface area (Å²) in [6.45, 7) is 4.73. The van der Waals surface area contributed by atoms with Crippen molar-refractivity contribution >= 4 is 29.0 Å². The fourth-order valence-corrected chi connectivity index (χ4v) is 3.58. The molecule has 1 heterocycles. The van der Waals surface area contributed by atoms with E-state index in [1.807, 2.05) is 0 Å². The molecule has 2 aromatic rings. The van der Waals surface area contributed by atoms with Gasteiger partial charge in [-0.05, 0) is 43.0 Å². The molecule has 1 aliphatic heterocycles.